The number of aliphatic hydroxyl groups excluding tert-OH is 1. The molecule has 0 amide bonds. The fourth-order valence-electron chi connectivity index (χ4n) is 1.94. The molecule has 122 valence electrons. The zero-order chi connectivity index (χ0) is 16.9. The predicted molar refractivity (Wildman–Crippen MR) is 80.2 cm³/mol. The van der Waals surface area contributed by atoms with E-state index in [4.69, 9.17) is 19.3 Å². The van der Waals surface area contributed by atoms with E-state index in [-0.39, 0.29) is 35.6 Å². The van der Waals surface area contributed by atoms with Crippen LogP contribution in [0.3, 0.4) is 0 Å². The number of carbonyl (C=O) groups is 2. The highest BCUT2D eigenvalue weighted by atomic mass is 16.7. The lowest BCUT2D eigenvalue weighted by molar-refractivity contribution is -0.128. The van der Waals surface area contributed by atoms with Gasteiger partial charge in [0.15, 0.2) is 11.4 Å². The number of allylic oxidation sites excluding steroid dienone is 3. The molecule has 2 atom stereocenters. The van der Waals surface area contributed by atoms with Crippen LogP contribution in [0.5, 0.6) is 0 Å². The number of aliphatic hydroxyl groups is 1. The Hall–Kier alpha value is -2.08. The monoisotopic (exact) mass is 310 g/mol. The summed E-state index contributed by atoms with van der Waals surface area (Å²) in [6.07, 6.45) is 4.12. The molecular weight excluding hydrogens is 288 g/mol. The molecule has 0 bridgehead atoms. The second-order valence-corrected chi connectivity index (χ2v) is 5.25. The number of Topliss-reactive ketones (excluding diaryl/α,β-unsaturated/α-hetero) is 2. The molecule has 0 spiro atoms. The maximum atomic E-state index is 12.5. The molecule has 0 aromatic heterocycles. The predicted octanol–water partition coefficient (Wildman–Crippen LogP) is 2.21. The lowest BCUT2D eigenvalue weighted by Crippen LogP contribution is -2.33. The highest BCUT2D eigenvalue weighted by Crippen LogP contribution is 2.33. The van der Waals surface area contributed by atoms with Crippen LogP contribution in [0, 0.1) is 0 Å². The Morgan fingerprint density at radius 3 is 2.59 bits per heavy atom. The second-order valence-electron chi connectivity index (χ2n) is 5.25. The Bertz CT molecular complexity index is 539. The van der Waals surface area contributed by atoms with Gasteiger partial charge in [-0.3, -0.25) is 9.59 Å². The van der Waals surface area contributed by atoms with Gasteiger partial charge in [-0.2, -0.15) is 0 Å². The molecule has 1 aliphatic rings. The summed E-state index contributed by atoms with van der Waals surface area (Å²) in [5.41, 5.74) is -1.43. The summed E-state index contributed by atoms with van der Waals surface area (Å²) in [6.45, 7) is 4.77. The number of ether oxygens (including phenoxy) is 3. The van der Waals surface area contributed by atoms with Crippen molar-refractivity contribution in [3.05, 3.63) is 35.5 Å². The van der Waals surface area contributed by atoms with Gasteiger partial charge in [0.25, 0.3) is 5.95 Å². The van der Waals surface area contributed by atoms with E-state index in [9.17, 15) is 9.59 Å². The zero-order valence-corrected chi connectivity index (χ0v) is 13.5. The highest BCUT2D eigenvalue weighted by molar-refractivity contribution is 6.25. The van der Waals surface area contributed by atoms with Crippen molar-refractivity contribution >= 4 is 11.6 Å². The number of carbonyl (C=O) groups excluding carboxylic acids is 2. The largest absolute Gasteiger partial charge is 0.513 e. The standard InChI is InChI=1S/C16H22O6/c1-10(17)7-6-8-16(3)14(19)13(15(21-5)22-16)12(18)9-11(2)20-4/h6-8,11,17H,9H2,1-5H3/b8-6+,10-7+. The fraction of sp³-hybridized carbons (Fsp3) is 0.500. The molecule has 0 aromatic carbocycles. The molecule has 1 aliphatic heterocycles. The van der Waals surface area contributed by atoms with Crippen molar-refractivity contribution in [2.24, 2.45) is 0 Å². The van der Waals surface area contributed by atoms with E-state index in [0.29, 0.717) is 0 Å². The molecule has 1 rings (SSSR count). The smallest absolute Gasteiger partial charge is 0.295 e. The van der Waals surface area contributed by atoms with Gasteiger partial charge < -0.3 is 19.3 Å². The first kappa shape index (κ1) is 18.0. The number of rotatable bonds is 7. The molecular formula is C16H22O6. The number of hydrogen-bond acceptors (Lipinski definition) is 6. The van der Waals surface area contributed by atoms with Gasteiger partial charge in [-0.05, 0) is 32.9 Å². The SMILES string of the molecule is COC1=C(C(=O)CC(C)OC)C(=O)C(C)(/C=C/C=C(\C)O)O1. The summed E-state index contributed by atoms with van der Waals surface area (Å²) in [7, 11) is 2.83. The summed E-state index contributed by atoms with van der Waals surface area (Å²) in [6, 6.07) is 0. The van der Waals surface area contributed by atoms with Crippen LogP contribution in [0.25, 0.3) is 0 Å². The quantitative estimate of drug-likeness (QED) is 0.441. The van der Waals surface area contributed by atoms with Gasteiger partial charge in [0.05, 0.1) is 19.0 Å². The average Bonchev–Trinajstić information content (AvgIpc) is 2.70. The van der Waals surface area contributed by atoms with Crippen molar-refractivity contribution < 1.29 is 28.9 Å². The van der Waals surface area contributed by atoms with E-state index >= 15 is 0 Å². The van der Waals surface area contributed by atoms with Crippen LogP contribution in [0.4, 0.5) is 0 Å². The summed E-state index contributed by atoms with van der Waals surface area (Å²) in [5, 5.41) is 9.12. The lowest BCUT2D eigenvalue weighted by atomic mass is 9.93. The van der Waals surface area contributed by atoms with E-state index < -0.39 is 11.4 Å². The van der Waals surface area contributed by atoms with Crippen molar-refractivity contribution in [3.8, 4) is 0 Å². The van der Waals surface area contributed by atoms with Crippen LogP contribution in [0.15, 0.2) is 35.5 Å². The molecule has 0 saturated heterocycles. The number of hydrogen-bond donors (Lipinski definition) is 1. The minimum absolute atomic E-state index is 0.0588. The summed E-state index contributed by atoms with van der Waals surface area (Å²) >= 11 is 0. The molecule has 0 radical (unpaired) electrons. The van der Waals surface area contributed by atoms with Crippen molar-refractivity contribution in [1.82, 2.24) is 0 Å². The summed E-state index contributed by atoms with van der Waals surface area (Å²) in [5.74, 6) is -0.856. The van der Waals surface area contributed by atoms with Crippen molar-refractivity contribution in [2.45, 2.75) is 38.9 Å². The Labute approximate surface area is 130 Å². The first-order valence-electron chi connectivity index (χ1n) is 6.88. The summed E-state index contributed by atoms with van der Waals surface area (Å²) < 4.78 is 15.6. The van der Waals surface area contributed by atoms with Gasteiger partial charge in [0.1, 0.15) is 5.57 Å². The minimum Gasteiger partial charge on any atom is -0.513 e. The van der Waals surface area contributed by atoms with Crippen LogP contribution in [0.2, 0.25) is 0 Å². The van der Waals surface area contributed by atoms with Crippen LogP contribution in [-0.2, 0) is 23.8 Å². The van der Waals surface area contributed by atoms with Crippen molar-refractivity contribution in [1.29, 1.82) is 0 Å². The molecule has 1 heterocycles. The van der Waals surface area contributed by atoms with Crippen LogP contribution >= 0.6 is 0 Å². The Kier molecular flexibility index (Phi) is 5.93. The maximum absolute atomic E-state index is 12.5. The second kappa shape index (κ2) is 7.26. The minimum atomic E-state index is -1.33. The molecule has 6 heteroatoms. The first-order chi connectivity index (χ1) is 10.2. The molecule has 22 heavy (non-hydrogen) atoms. The van der Waals surface area contributed by atoms with E-state index in [1.807, 2.05) is 0 Å². The third kappa shape index (κ3) is 3.98. The first-order valence-corrected chi connectivity index (χ1v) is 6.88. The van der Waals surface area contributed by atoms with E-state index in [0.717, 1.165) is 0 Å². The summed E-state index contributed by atoms with van der Waals surface area (Å²) in [4.78, 5) is 24.8. The van der Waals surface area contributed by atoms with Crippen LogP contribution in [-0.4, -0.2) is 42.6 Å². The van der Waals surface area contributed by atoms with Gasteiger partial charge >= 0.3 is 0 Å². The van der Waals surface area contributed by atoms with Crippen molar-refractivity contribution in [3.63, 3.8) is 0 Å². The maximum Gasteiger partial charge on any atom is 0.295 e. The number of methoxy groups -OCH3 is 2. The van der Waals surface area contributed by atoms with E-state index in [1.54, 1.807) is 6.92 Å². The van der Waals surface area contributed by atoms with Crippen LogP contribution < -0.4 is 0 Å². The Morgan fingerprint density at radius 1 is 1.45 bits per heavy atom. The normalized spacial score (nSPS) is 23.9. The van der Waals surface area contributed by atoms with Crippen LogP contribution in [0.1, 0.15) is 27.2 Å². The molecule has 0 fully saturated rings. The number of ketones is 2. The molecule has 6 nitrogen and oxygen atoms in total. The Balaban J connectivity index is 3.03. The van der Waals surface area contributed by atoms with Gasteiger partial charge in [-0.15, -0.1) is 0 Å². The van der Waals surface area contributed by atoms with Gasteiger partial charge in [0.2, 0.25) is 5.78 Å². The van der Waals surface area contributed by atoms with Gasteiger partial charge in [0, 0.05) is 13.5 Å². The van der Waals surface area contributed by atoms with Gasteiger partial charge in [-0.25, -0.2) is 0 Å². The van der Waals surface area contributed by atoms with Crippen molar-refractivity contribution in [2.75, 3.05) is 14.2 Å². The molecule has 0 aliphatic carbocycles. The van der Waals surface area contributed by atoms with Gasteiger partial charge in [-0.1, -0.05) is 6.08 Å². The van der Waals surface area contributed by atoms with E-state index in [1.165, 1.54) is 46.3 Å². The van der Waals surface area contributed by atoms with E-state index in [2.05, 4.69) is 0 Å². The highest BCUT2D eigenvalue weighted by Gasteiger charge is 2.47. The average molecular weight is 310 g/mol. The fourth-order valence-corrected chi connectivity index (χ4v) is 1.94. The topological polar surface area (TPSA) is 82.1 Å². The molecule has 1 N–H and O–H groups in total. The lowest BCUT2D eigenvalue weighted by Gasteiger charge is -2.18. The third-order valence-electron chi connectivity index (χ3n) is 3.28. The zero-order valence-electron chi connectivity index (χ0n) is 13.5. The molecule has 0 saturated carbocycles. The molecule has 2 unspecified atom stereocenters. The third-order valence-corrected chi connectivity index (χ3v) is 3.28. The Morgan fingerprint density at radius 2 is 2.09 bits per heavy atom. The molecule has 0 aromatic rings.